The van der Waals surface area contributed by atoms with Crippen molar-refractivity contribution < 1.29 is 14.3 Å². The number of anilines is 1. The molecule has 0 amide bonds. The topological polar surface area (TPSA) is 91.7 Å². The monoisotopic (exact) mass is 424 g/mol. The second kappa shape index (κ2) is 8.41. The molecule has 156 valence electrons. The van der Waals surface area contributed by atoms with Crippen molar-refractivity contribution in [1.82, 2.24) is 14.6 Å². The number of ether oxygens (including phenoxy) is 2. The number of rotatable bonds is 8. The minimum atomic E-state index is 0.0936. The summed E-state index contributed by atoms with van der Waals surface area (Å²) in [7, 11) is 1.68. The van der Waals surface area contributed by atoms with Crippen LogP contribution in [0.2, 0.25) is 0 Å². The molecule has 4 rings (SSSR count). The standard InChI is InChI=1S/C22H24N4O3S/c1-4-5-16(27)11-29-10-15-9-17(20-22(23)24-12-25-26(15)20)19-8-14-6-13(2)7-18(28-3)21(14)30-19/h6-9,12H,4-5,10-11H2,1-3H3,(H2,23,24,25). The highest BCUT2D eigenvalue weighted by Crippen LogP contribution is 2.42. The normalized spacial score (nSPS) is 11.4. The van der Waals surface area contributed by atoms with Crippen LogP contribution in [0.3, 0.4) is 0 Å². The molecule has 0 fully saturated rings. The van der Waals surface area contributed by atoms with Gasteiger partial charge in [0.15, 0.2) is 11.6 Å². The summed E-state index contributed by atoms with van der Waals surface area (Å²) in [5.74, 6) is 1.35. The predicted octanol–water partition coefficient (Wildman–Crippen LogP) is 4.40. The van der Waals surface area contributed by atoms with Crippen molar-refractivity contribution in [2.75, 3.05) is 19.5 Å². The fourth-order valence-corrected chi connectivity index (χ4v) is 4.74. The lowest BCUT2D eigenvalue weighted by molar-refractivity contribution is -0.124. The Morgan fingerprint density at radius 3 is 2.87 bits per heavy atom. The molecule has 7 nitrogen and oxygen atoms in total. The molecule has 0 bridgehead atoms. The zero-order chi connectivity index (χ0) is 21.3. The molecular formula is C22H24N4O3S. The second-order valence-corrected chi connectivity index (χ2v) is 8.28. The summed E-state index contributed by atoms with van der Waals surface area (Å²) in [6.07, 6.45) is 2.77. The summed E-state index contributed by atoms with van der Waals surface area (Å²) in [5.41, 5.74) is 9.84. The van der Waals surface area contributed by atoms with Crippen LogP contribution in [0.5, 0.6) is 5.75 Å². The SMILES string of the molecule is CCCC(=O)COCc1cc(-c2cc3cc(C)cc(OC)c3s2)c2c(N)ncnn12. The summed E-state index contributed by atoms with van der Waals surface area (Å²) < 4.78 is 14.1. The van der Waals surface area contributed by atoms with E-state index in [2.05, 4.69) is 22.2 Å². The highest BCUT2D eigenvalue weighted by molar-refractivity contribution is 7.22. The van der Waals surface area contributed by atoms with Crippen molar-refractivity contribution in [3.8, 4) is 16.2 Å². The Kier molecular flexibility index (Phi) is 5.69. The van der Waals surface area contributed by atoms with Crippen LogP contribution < -0.4 is 10.5 Å². The number of nitrogen functional groups attached to an aromatic ring is 1. The first-order valence-electron chi connectivity index (χ1n) is 9.81. The Labute approximate surface area is 178 Å². The maximum atomic E-state index is 11.8. The van der Waals surface area contributed by atoms with Crippen LogP contribution in [0.1, 0.15) is 31.0 Å². The van der Waals surface area contributed by atoms with Crippen LogP contribution in [0.15, 0.2) is 30.6 Å². The van der Waals surface area contributed by atoms with Crippen molar-refractivity contribution in [1.29, 1.82) is 0 Å². The number of Topliss-reactive ketones (excluding diaryl/α,β-unsaturated/α-hetero) is 1. The molecule has 0 aliphatic rings. The van der Waals surface area contributed by atoms with Crippen molar-refractivity contribution >= 4 is 38.5 Å². The lowest BCUT2D eigenvalue weighted by atomic mass is 10.1. The molecule has 4 aromatic rings. The van der Waals surface area contributed by atoms with E-state index >= 15 is 0 Å². The van der Waals surface area contributed by atoms with Gasteiger partial charge in [-0.15, -0.1) is 11.3 Å². The minimum absolute atomic E-state index is 0.0936. The number of nitrogens with zero attached hydrogens (tertiary/aromatic N) is 3. The van der Waals surface area contributed by atoms with Gasteiger partial charge in [-0.05, 0) is 42.5 Å². The van der Waals surface area contributed by atoms with Gasteiger partial charge in [-0.25, -0.2) is 9.50 Å². The van der Waals surface area contributed by atoms with E-state index in [0.29, 0.717) is 12.2 Å². The molecule has 3 aromatic heterocycles. The number of fused-ring (bicyclic) bond motifs is 2. The molecule has 1 aromatic carbocycles. The van der Waals surface area contributed by atoms with E-state index in [0.717, 1.165) is 49.5 Å². The number of nitrogens with two attached hydrogens (primary N) is 1. The lowest BCUT2D eigenvalue weighted by Crippen LogP contribution is -2.09. The molecule has 0 unspecified atom stereocenters. The average Bonchev–Trinajstić information content (AvgIpc) is 3.30. The molecule has 0 atom stereocenters. The number of benzene rings is 1. The van der Waals surface area contributed by atoms with Crippen molar-refractivity contribution in [2.24, 2.45) is 0 Å². The van der Waals surface area contributed by atoms with Crippen molar-refractivity contribution in [3.63, 3.8) is 0 Å². The first-order valence-corrected chi connectivity index (χ1v) is 10.6. The van der Waals surface area contributed by atoms with Gasteiger partial charge in [0.25, 0.3) is 0 Å². The molecule has 0 saturated heterocycles. The Balaban J connectivity index is 1.76. The van der Waals surface area contributed by atoms with Gasteiger partial charge in [-0.2, -0.15) is 5.10 Å². The Hall–Kier alpha value is -2.97. The Morgan fingerprint density at radius 2 is 2.10 bits per heavy atom. The molecule has 0 aliphatic carbocycles. The fourth-order valence-electron chi connectivity index (χ4n) is 3.59. The van der Waals surface area contributed by atoms with Crippen LogP contribution in [0.4, 0.5) is 5.82 Å². The number of ketones is 1. The quantitative estimate of drug-likeness (QED) is 0.451. The molecule has 0 spiro atoms. The maximum absolute atomic E-state index is 11.8. The predicted molar refractivity (Wildman–Crippen MR) is 119 cm³/mol. The number of hydrogen-bond acceptors (Lipinski definition) is 7. The van der Waals surface area contributed by atoms with Gasteiger partial charge >= 0.3 is 0 Å². The highest BCUT2D eigenvalue weighted by atomic mass is 32.1. The first kappa shape index (κ1) is 20.3. The molecule has 8 heteroatoms. The van der Waals surface area contributed by atoms with Gasteiger partial charge in [0, 0.05) is 16.9 Å². The van der Waals surface area contributed by atoms with Crippen LogP contribution in [-0.2, 0) is 16.1 Å². The fraction of sp³-hybridized carbons (Fsp3) is 0.318. The molecule has 0 aliphatic heterocycles. The number of carbonyl (C=O) groups is 1. The summed E-state index contributed by atoms with van der Waals surface area (Å²) in [4.78, 5) is 17.0. The Morgan fingerprint density at radius 1 is 1.27 bits per heavy atom. The van der Waals surface area contributed by atoms with Gasteiger partial charge in [0.05, 0.1) is 24.1 Å². The van der Waals surface area contributed by atoms with E-state index in [1.54, 1.807) is 23.0 Å². The van der Waals surface area contributed by atoms with Gasteiger partial charge in [-0.3, -0.25) is 4.79 Å². The minimum Gasteiger partial charge on any atom is -0.495 e. The molecule has 0 saturated carbocycles. The highest BCUT2D eigenvalue weighted by Gasteiger charge is 2.18. The van der Waals surface area contributed by atoms with E-state index in [4.69, 9.17) is 15.2 Å². The van der Waals surface area contributed by atoms with Crippen LogP contribution in [-0.4, -0.2) is 34.1 Å². The summed E-state index contributed by atoms with van der Waals surface area (Å²) >= 11 is 1.64. The van der Waals surface area contributed by atoms with Gasteiger partial charge < -0.3 is 15.2 Å². The van der Waals surface area contributed by atoms with E-state index < -0.39 is 0 Å². The number of methoxy groups -OCH3 is 1. The summed E-state index contributed by atoms with van der Waals surface area (Å²) in [6, 6.07) is 8.31. The van der Waals surface area contributed by atoms with Gasteiger partial charge in [0.1, 0.15) is 24.2 Å². The van der Waals surface area contributed by atoms with E-state index in [9.17, 15) is 4.79 Å². The summed E-state index contributed by atoms with van der Waals surface area (Å²) in [5, 5.41) is 5.48. The number of aromatic nitrogens is 3. The Bertz CT molecular complexity index is 1230. The molecule has 3 heterocycles. The number of hydrogen-bond donors (Lipinski definition) is 1. The smallest absolute Gasteiger partial charge is 0.158 e. The van der Waals surface area contributed by atoms with Crippen LogP contribution in [0, 0.1) is 6.92 Å². The van der Waals surface area contributed by atoms with Gasteiger partial charge in [0.2, 0.25) is 0 Å². The largest absolute Gasteiger partial charge is 0.495 e. The summed E-state index contributed by atoms with van der Waals surface area (Å²) in [6.45, 7) is 4.39. The van der Waals surface area contributed by atoms with Crippen LogP contribution >= 0.6 is 11.3 Å². The molecule has 0 radical (unpaired) electrons. The van der Waals surface area contributed by atoms with Crippen molar-refractivity contribution in [3.05, 3.63) is 41.9 Å². The lowest BCUT2D eigenvalue weighted by Gasteiger charge is -2.04. The second-order valence-electron chi connectivity index (χ2n) is 7.23. The van der Waals surface area contributed by atoms with Gasteiger partial charge in [-0.1, -0.05) is 13.0 Å². The number of thiophene rings is 1. The number of aryl methyl sites for hydroxylation is 1. The number of carbonyl (C=O) groups excluding carboxylic acids is 1. The maximum Gasteiger partial charge on any atom is 0.158 e. The zero-order valence-corrected chi connectivity index (χ0v) is 18.1. The van der Waals surface area contributed by atoms with E-state index in [1.807, 2.05) is 26.0 Å². The van der Waals surface area contributed by atoms with E-state index in [-0.39, 0.29) is 19.0 Å². The first-order chi connectivity index (χ1) is 14.5. The van der Waals surface area contributed by atoms with E-state index in [1.165, 1.54) is 6.33 Å². The third-order valence-corrected chi connectivity index (χ3v) is 6.11. The third kappa shape index (κ3) is 3.76. The average molecular weight is 425 g/mol. The molecule has 30 heavy (non-hydrogen) atoms. The molecule has 2 N–H and O–H groups in total. The molecular weight excluding hydrogens is 400 g/mol. The van der Waals surface area contributed by atoms with Crippen LogP contribution in [0.25, 0.3) is 26.0 Å². The zero-order valence-electron chi connectivity index (χ0n) is 17.3. The third-order valence-electron chi connectivity index (χ3n) is 4.91. The van der Waals surface area contributed by atoms with Crippen molar-refractivity contribution in [2.45, 2.75) is 33.3 Å².